The number of nitrogens with zero attached hydrogens (tertiary/aromatic N) is 1. The SMILES string of the molecule is c1ccc(-c2ccc([C@@H]3CCCN(CC4CCCC4)C3)cc2)cc1. The van der Waals surface area contributed by atoms with Gasteiger partial charge in [-0.2, -0.15) is 0 Å². The second-order valence-corrected chi connectivity index (χ2v) is 7.74. The largest absolute Gasteiger partial charge is 0.302 e. The van der Waals surface area contributed by atoms with Crippen molar-refractivity contribution in [3.63, 3.8) is 0 Å². The molecule has 0 amide bonds. The van der Waals surface area contributed by atoms with Gasteiger partial charge in [-0.25, -0.2) is 0 Å². The molecule has 1 aliphatic carbocycles. The molecule has 2 aromatic rings. The van der Waals surface area contributed by atoms with Crippen molar-refractivity contribution in [2.45, 2.75) is 44.4 Å². The van der Waals surface area contributed by atoms with Gasteiger partial charge in [0.1, 0.15) is 0 Å². The molecule has 1 saturated heterocycles. The summed E-state index contributed by atoms with van der Waals surface area (Å²) in [6.45, 7) is 3.93. The Morgan fingerprint density at radius 1 is 0.750 bits per heavy atom. The van der Waals surface area contributed by atoms with Crippen LogP contribution in [0.15, 0.2) is 54.6 Å². The van der Waals surface area contributed by atoms with Crippen molar-refractivity contribution in [1.29, 1.82) is 0 Å². The molecule has 126 valence electrons. The average Bonchev–Trinajstić information content (AvgIpc) is 3.16. The van der Waals surface area contributed by atoms with Gasteiger partial charge < -0.3 is 4.90 Å². The highest BCUT2D eigenvalue weighted by atomic mass is 15.1. The number of likely N-dealkylation sites (tertiary alicyclic amines) is 1. The van der Waals surface area contributed by atoms with Crippen LogP contribution in [0.2, 0.25) is 0 Å². The smallest absolute Gasteiger partial charge is 0.00504 e. The zero-order valence-electron chi connectivity index (χ0n) is 14.7. The Morgan fingerprint density at radius 3 is 2.21 bits per heavy atom. The Morgan fingerprint density at radius 2 is 1.46 bits per heavy atom. The third kappa shape index (κ3) is 3.72. The lowest BCUT2D eigenvalue weighted by molar-refractivity contribution is 0.179. The van der Waals surface area contributed by atoms with E-state index in [1.165, 1.54) is 74.8 Å². The maximum atomic E-state index is 2.75. The molecular formula is C23H29N. The molecule has 1 atom stereocenters. The highest BCUT2D eigenvalue weighted by Gasteiger charge is 2.24. The fraction of sp³-hybridized carbons (Fsp3) is 0.478. The minimum absolute atomic E-state index is 0.727. The van der Waals surface area contributed by atoms with Crippen LogP contribution in [0.4, 0.5) is 0 Å². The van der Waals surface area contributed by atoms with Crippen LogP contribution >= 0.6 is 0 Å². The van der Waals surface area contributed by atoms with Crippen molar-refractivity contribution in [2.24, 2.45) is 5.92 Å². The van der Waals surface area contributed by atoms with E-state index in [1.54, 1.807) is 0 Å². The molecular weight excluding hydrogens is 290 g/mol. The highest BCUT2D eigenvalue weighted by molar-refractivity contribution is 5.63. The summed E-state index contributed by atoms with van der Waals surface area (Å²) < 4.78 is 0. The molecule has 1 heterocycles. The lowest BCUT2D eigenvalue weighted by atomic mass is 9.89. The van der Waals surface area contributed by atoms with Gasteiger partial charge in [-0.1, -0.05) is 67.4 Å². The molecule has 0 bridgehead atoms. The molecule has 2 fully saturated rings. The van der Waals surface area contributed by atoms with Crippen LogP contribution < -0.4 is 0 Å². The number of hydrogen-bond acceptors (Lipinski definition) is 1. The number of benzene rings is 2. The fourth-order valence-corrected chi connectivity index (χ4v) is 4.63. The molecule has 0 N–H and O–H groups in total. The predicted octanol–water partition coefficient (Wildman–Crippen LogP) is 5.72. The number of rotatable bonds is 4. The third-order valence-electron chi connectivity index (χ3n) is 5.99. The van der Waals surface area contributed by atoms with E-state index < -0.39 is 0 Å². The van der Waals surface area contributed by atoms with Gasteiger partial charge >= 0.3 is 0 Å². The molecule has 0 spiro atoms. The van der Waals surface area contributed by atoms with E-state index in [0.29, 0.717) is 0 Å². The summed E-state index contributed by atoms with van der Waals surface area (Å²) in [5.74, 6) is 1.70. The van der Waals surface area contributed by atoms with Gasteiger partial charge in [-0.15, -0.1) is 0 Å². The van der Waals surface area contributed by atoms with Crippen molar-refractivity contribution in [1.82, 2.24) is 4.90 Å². The topological polar surface area (TPSA) is 3.24 Å². The maximum absolute atomic E-state index is 2.75. The molecule has 0 aromatic heterocycles. The second-order valence-electron chi connectivity index (χ2n) is 7.74. The van der Waals surface area contributed by atoms with Crippen LogP contribution in [0.25, 0.3) is 11.1 Å². The molecule has 4 rings (SSSR count). The van der Waals surface area contributed by atoms with Gasteiger partial charge in [0.15, 0.2) is 0 Å². The van der Waals surface area contributed by atoms with Crippen LogP contribution in [0.5, 0.6) is 0 Å². The van der Waals surface area contributed by atoms with E-state index in [1.807, 2.05) is 0 Å². The van der Waals surface area contributed by atoms with E-state index in [0.717, 1.165) is 11.8 Å². The van der Waals surface area contributed by atoms with Crippen LogP contribution in [0.3, 0.4) is 0 Å². The van der Waals surface area contributed by atoms with Gasteiger partial charge in [-0.05, 0) is 60.8 Å². The van der Waals surface area contributed by atoms with E-state index in [2.05, 4.69) is 59.5 Å². The van der Waals surface area contributed by atoms with Crippen molar-refractivity contribution < 1.29 is 0 Å². The van der Waals surface area contributed by atoms with E-state index >= 15 is 0 Å². The zero-order valence-corrected chi connectivity index (χ0v) is 14.7. The minimum atomic E-state index is 0.727. The first-order valence-electron chi connectivity index (χ1n) is 9.76. The van der Waals surface area contributed by atoms with E-state index in [4.69, 9.17) is 0 Å². The van der Waals surface area contributed by atoms with E-state index in [-0.39, 0.29) is 0 Å². The average molecular weight is 319 g/mol. The van der Waals surface area contributed by atoms with Gasteiger partial charge in [0.05, 0.1) is 0 Å². The Balaban J connectivity index is 1.41. The Kier molecular flexibility index (Phi) is 4.99. The quantitative estimate of drug-likeness (QED) is 0.696. The van der Waals surface area contributed by atoms with Crippen molar-refractivity contribution in [2.75, 3.05) is 19.6 Å². The molecule has 24 heavy (non-hydrogen) atoms. The lowest BCUT2D eigenvalue weighted by Crippen LogP contribution is -2.37. The standard InChI is InChI=1S/C23H29N/c1-2-9-20(10-3-1)21-12-14-22(15-13-21)23-11-6-16-24(18-23)17-19-7-4-5-8-19/h1-3,9-10,12-15,19,23H,4-8,11,16-18H2/t23-/m1/s1. The van der Waals surface area contributed by atoms with Gasteiger partial charge in [0.25, 0.3) is 0 Å². The van der Waals surface area contributed by atoms with E-state index in [9.17, 15) is 0 Å². The number of hydrogen-bond donors (Lipinski definition) is 0. The first kappa shape index (κ1) is 15.9. The number of piperidine rings is 1. The third-order valence-corrected chi connectivity index (χ3v) is 5.99. The molecule has 1 saturated carbocycles. The van der Waals surface area contributed by atoms with Crippen LogP contribution in [-0.2, 0) is 0 Å². The summed E-state index contributed by atoms with van der Waals surface area (Å²) >= 11 is 0. The van der Waals surface area contributed by atoms with Crippen molar-refractivity contribution in [3.8, 4) is 11.1 Å². The van der Waals surface area contributed by atoms with Crippen LogP contribution in [0.1, 0.15) is 50.0 Å². The first-order valence-corrected chi connectivity index (χ1v) is 9.76. The maximum Gasteiger partial charge on any atom is 0.00504 e. The summed E-state index contributed by atoms with van der Waals surface area (Å²) in [7, 11) is 0. The summed E-state index contributed by atoms with van der Waals surface area (Å²) in [5, 5.41) is 0. The highest BCUT2D eigenvalue weighted by Crippen LogP contribution is 2.31. The predicted molar refractivity (Wildman–Crippen MR) is 102 cm³/mol. The minimum Gasteiger partial charge on any atom is -0.302 e. The normalized spacial score (nSPS) is 22.8. The molecule has 2 aromatic carbocycles. The summed E-state index contributed by atoms with van der Waals surface area (Å²) in [6.07, 6.45) is 8.56. The van der Waals surface area contributed by atoms with Crippen molar-refractivity contribution >= 4 is 0 Å². The Labute approximate surface area is 146 Å². The molecule has 1 heteroatoms. The molecule has 0 radical (unpaired) electrons. The monoisotopic (exact) mass is 319 g/mol. The van der Waals surface area contributed by atoms with Gasteiger partial charge in [-0.3, -0.25) is 0 Å². The molecule has 0 unspecified atom stereocenters. The summed E-state index contributed by atoms with van der Waals surface area (Å²) in [5.41, 5.74) is 4.18. The molecule has 2 aliphatic rings. The van der Waals surface area contributed by atoms with Crippen LogP contribution in [-0.4, -0.2) is 24.5 Å². The van der Waals surface area contributed by atoms with Gasteiger partial charge in [0.2, 0.25) is 0 Å². The zero-order chi connectivity index (χ0) is 16.2. The van der Waals surface area contributed by atoms with Crippen LogP contribution in [0, 0.1) is 5.92 Å². The summed E-state index contributed by atoms with van der Waals surface area (Å²) in [4.78, 5) is 2.75. The fourth-order valence-electron chi connectivity index (χ4n) is 4.63. The molecule has 1 nitrogen and oxygen atoms in total. The van der Waals surface area contributed by atoms with Crippen molar-refractivity contribution in [3.05, 3.63) is 60.2 Å². The lowest BCUT2D eigenvalue weighted by Gasteiger charge is -2.34. The Hall–Kier alpha value is -1.60. The summed E-state index contributed by atoms with van der Waals surface area (Å²) in [6, 6.07) is 20.0. The Bertz CT molecular complexity index is 625. The first-order chi connectivity index (χ1) is 11.9. The second kappa shape index (κ2) is 7.53. The molecule has 1 aliphatic heterocycles. The van der Waals surface area contributed by atoms with Gasteiger partial charge in [0, 0.05) is 13.1 Å².